The molecule has 0 spiro atoms. The Kier molecular flexibility index (Phi) is 6.39. The second kappa shape index (κ2) is 8.08. The van der Waals surface area contributed by atoms with Gasteiger partial charge in [-0.2, -0.15) is 0 Å². The van der Waals surface area contributed by atoms with Crippen molar-refractivity contribution in [3.8, 4) is 0 Å². The zero-order valence-electron chi connectivity index (χ0n) is 14.0. The zero-order valence-corrected chi connectivity index (χ0v) is 14.7. The minimum Gasteiger partial charge on any atom is -0.356 e. The minimum absolute atomic E-state index is 0.0642. The summed E-state index contributed by atoms with van der Waals surface area (Å²) in [5.74, 6) is -0.0450. The Hall–Kier alpha value is -1.17. The van der Waals surface area contributed by atoms with Crippen LogP contribution in [0.15, 0.2) is 18.2 Å². The van der Waals surface area contributed by atoms with Crippen molar-refractivity contribution >= 4 is 17.5 Å². The van der Waals surface area contributed by atoms with Crippen molar-refractivity contribution < 1.29 is 9.18 Å². The SMILES string of the molecule is CN(C)CCC(=O)NC[C@@H]1CCN(C)[C@H]1c1ccc(Cl)c(F)c1. The van der Waals surface area contributed by atoms with Crippen molar-refractivity contribution in [1.82, 2.24) is 15.1 Å². The summed E-state index contributed by atoms with van der Waals surface area (Å²) in [6, 6.07) is 5.09. The van der Waals surface area contributed by atoms with Crippen molar-refractivity contribution in [2.75, 3.05) is 40.8 Å². The predicted molar refractivity (Wildman–Crippen MR) is 91.1 cm³/mol. The van der Waals surface area contributed by atoms with Gasteiger partial charge >= 0.3 is 0 Å². The van der Waals surface area contributed by atoms with Gasteiger partial charge in [-0.25, -0.2) is 4.39 Å². The monoisotopic (exact) mass is 341 g/mol. The van der Waals surface area contributed by atoms with Gasteiger partial charge in [0.25, 0.3) is 0 Å². The molecule has 1 N–H and O–H groups in total. The highest BCUT2D eigenvalue weighted by Crippen LogP contribution is 2.36. The Morgan fingerprint density at radius 2 is 2.22 bits per heavy atom. The van der Waals surface area contributed by atoms with E-state index in [-0.39, 0.29) is 22.9 Å². The molecule has 1 fully saturated rings. The van der Waals surface area contributed by atoms with Crippen molar-refractivity contribution in [1.29, 1.82) is 0 Å². The molecule has 1 saturated heterocycles. The molecule has 2 atom stereocenters. The van der Waals surface area contributed by atoms with Crippen LogP contribution in [0.5, 0.6) is 0 Å². The zero-order chi connectivity index (χ0) is 17.0. The fourth-order valence-corrected chi connectivity index (χ4v) is 3.24. The van der Waals surface area contributed by atoms with Gasteiger partial charge in [0, 0.05) is 25.6 Å². The van der Waals surface area contributed by atoms with Gasteiger partial charge in [-0.3, -0.25) is 9.69 Å². The molecule has 0 radical (unpaired) electrons. The molecule has 0 aliphatic carbocycles. The molecule has 1 aromatic carbocycles. The lowest BCUT2D eigenvalue weighted by atomic mass is 9.93. The number of likely N-dealkylation sites (tertiary alicyclic amines) is 1. The van der Waals surface area contributed by atoms with Gasteiger partial charge in [0.1, 0.15) is 5.82 Å². The Morgan fingerprint density at radius 1 is 1.48 bits per heavy atom. The number of halogens is 2. The van der Waals surface area contributed by atoms with Gasteiger partial charge in [-0.15, -0.1) is 0 Å². The molecule has 1 aromatic rings. The van der Waals surface area contributed by atoms with Crippen LogP contribution >= 0.6 is 11.6 Å². The van der Waals surface area contributed by atoms with E-state index >= 15 is 0 Å². The van der Waals surface area contributed by atoms with Crippen LogP contribution in [0.2, 0.25) is 5.02 Å². The standard InChI is InChI=1S/C17H25ClFN3O/c1-21(2)8-7-16(23)20-11-13-6-9-22(3)17(13)12-4-5-14(18)15(19)10-12/h4-5,10,13,17H,6-9,11H2,1-3H3,(H,20,23)/t13-,17-/m0/s1. The highest BCUT2D eigenvalue weighted by Gasteiger charge is 2.33. The molecule has 1 amide bonds. The van der Waals surface area contributed by atoms with Gasteiger partial charge in [0.05, 0.1) is 5.02 Å². The van der Waals surface area contributed by atoms with Gasteiger partial charge < -0.3 is 10.2 Å². The molecule has 2 rings (SSSR count). The average Bonchev–Trinajstić information content (AvgIpc) is 2.87. The second-order valence-corrected chi connectivity index (χ2v) is 6.91. The lowest BCUT2D eigenvalue weighted by molar-refractivity contribution is -0.121. The average molecular weight is 342 g/mol. The molecular weight excluding hydrogens is 317 g/mol. The molecular formula is C17H25ClFN3O. The first-order valence-corrected chi connectivity index (χ1v) is 8.33. The molecule has 1 heterocycles. The number of hydrogen-bond donors (Lipinski definition) is 1. The molecule has 0 aromatic heterocycles. The lowest BCUT2D eigenvalue weighted by Gasteiger charge is -2.26. The molecule has 6 heteroatoms. The van der Waals surface area contributed by atoms with Gasteiger partial charge in [0.2, 0.25) is 5.91 Å². The van der Waals surface area contributed by atoms with E-state index in [9.17, 15) is 9.18 Å². The Balaban J connectivity index is 1.98. The van der Waals surface area contributed by atoms with E-state index in [0.717, 1.165) is 25.1 Å². The van der Waals surface area contributed by atoms with E-state index in [1.165, 1.54) is 6.07 Å². The van der Waals surface area contributed by atoms with Crippen molar-refractivity contribution in [3.05, 3.63) is 34.6 Å². The van der Waals surface area contributed by atoms with Crippen LogP contribution in [0, 0.1) is 11.7 Å². The number of amides is 1. The van der Waals surface area contributed by atoms with Crippen LogP contribution in [0.4, 0.5) is 4.39 Å². The van der Waals surface area contributed by atoms with Gasteiger partial charge in [0.15, 0.2) is 0 Å². The molecule has 0 bridgehead atoms. The molecule has 128 valence electrons. The lowest BCUT2D eigenvalue weighted by Crippen LogP contribution is -2.33. The molecule has 1 aliphatic heterocycles. The number of nitrogens with one attached hydrogen (secondary N) is 1. The fourth-order valence-electron chi connectivity index (χ4n) is 3.12. The molecule has 1 aliphatic rings. The van der Waals surface area contributed by atoms with Crippen molar-refractivity contribution in [2.24, 2.45) is 5.92 Å². The first kappa shape index (κ1) is 18.2. The number of benzene rings is 1. The first-order chi connectivity index (χ1) is 10.9. The van der Waals surface area contributed by atoms with Gasteiger partial charge in [-0.05, 0) is 57.7 Å². The molecule has 23 heavy (non-hydrogen) atoms. The third-order valence-corrected chi connectivity index (χ3v) is 4.71. The highest BCUT2D eigenvalue weighted by molar-refractivity contribution is 6.30. The Bertz CT molecular complexity index is 553. The second-order valence-electron chi connectivity index (χ2n) is 6.51. The number of nitrogens with zero attached hydrogens (tertiary/aromatic N) is 2. The van der Waals surface area contributed by atoms with E-state index in [4.69, 9.17) is 11.6 Å². The normalized spacial score (nSPS) is 21.8. The maximum atomic E-state index is 13.8. The third-order valence-electron chi connectivity index (χ3n) is 4.41. The summed E-state index contributed by atoms with van der Waals surface area (Å²) in [5.41, 5.74) is 0.916. The number of hydrogen-bond acceptors (Lipinski definition) is 3. The Morgan fingerprint density at radius 3 is 2.87 bits per heavy atom. The van der Waals surface area contributed by atoms with Crippen LogP contribution in [-0.4, -0.2) is 56.5 Å². The summed E-state index contributed by atoms with van der Waals surface area (Å²) < 4.78 is 13.8. The van der Waals surface area contributed by atoms with Crippen LogP contribution in [0.25, 0.3) is 0 Å². The quantitative estimate of drug-likeness (QED) is 0.863. The van der Waals surface area contributed by atoms with Crippen LogP contribution in [-0.2, 0) is 4.79 Å². The maximum absolute atomic E-state index is 13.8. The van der Waals surface area contributed by atoms with Crippen LogP contribution in [0.3, 0.4) is 0 Å². The van der Waals surface area contributed by atoms with E-state index in [1.54, 1.807) is 6.07 Å². The summed E-state index contributed by atoms with van der Waals surface area (Å²) in [5, 5.41) is 3.16. The summed E-state index contributed by atoms with van der Waals surface area (Å²) in [7, 11) is 5.93. The van der Waals surface area contributed by atoms with E-state index in [2.05, 4.69) is 10.2 Å². The van der Waals surface area contributed by atoms with E-state index in [1.807, 2.05) is 32.1 Å². The third kappa shape index (κ3) is 4.90. The van der Waals surface area contributed by atoms with E-state index < -0.39 is 5.82 Å². The van der Waals surface area contributed by atoms with Crippen molar-refractivity contribution in [2.45, 2.75) is 18.9 Å². The summed E-state index contributed by atoms with van der Waals surface area (Å²) in [6.07, 6.45) is 1.48. The molecule has 0 unspecified atom stereocenters. The van der Waals surface area contributed by atoms with Crippen molar-refractivity contribution in [3.63, 3.8) is 0 Å². The number of carbonyl (C=O) groups is 1. The summed E-state index contributed by atoms with van der Waals surface area (Å²) in [4.78, 5) is 16.1. The summed E-state index contributed by atoms with van der Waals surface area (Å²) in [6.45, 7) is 2.29. The first-order valence-electron chi connectivity index (χ1n) is 7.95. The summed E-state index contributed by atoms with van der Waals surface area (Å²) >= 11 is 5.77. The smallest absolute Gasteiger partial charge is 0.221 e. The van der Waals surface area contributed by atoms with Gasteiger partial charge in [-0.1, -0.05) is 17.7 Å². The number of rotatable bonds is 6. The van der Waals surface area contributed by atoms with E-state index in [0.29, 0.717) is 13.0 Å². The highest BCUT2D eigenvalue weighted by atomic mass is 35.5. The Labute approximate surface area is 142 Å². The molecule has 4 nitrogen and oxygen atoms in total. The number of carbonyl (C=O) groups excluding carboxylic acids is 1. The fraction of sp³-hybridized carbons (Fsp3) is 0.588. The van der Waals surface area contributed by atoms with Crippen LogP contribution < -0.4 is 5.32 Å². The maximum Gasteiger partial charge on any atom is 0.221 e. The predicted octanol–water partition coefficient (Wildman–Crippen LogP) is 2.54. The largest absolute Gasteiger partial charge is 0.356 e. The minimum atomic E-state index is -0.391. The van der Waals surface area contributed by atoms with Crippen LogP contribution in [0.1, 0.15) is 24.4 Å². The molecule has 0 saturated carbocycles. The topological polar surface area (TPSA) is 35.6 Å².